The molecule has 0 aliphatic heterocycles. The Morgan fingerprint density at radius 3 is 2.70 bits per heavy atom. The van der Waals surface area contributed by atoms with Crippen molar-refractivity contribution in [2.75, 3.05) is 7.11 Å². The first kappa shape index (κ1) is 13.5. The van der Waals surface area contributed by atoms with Crippen LogP contribution in [0.1, 0.15) is 5.56 Å². The molecule has 1 N–H and O–H groups in total. The Hall–Kier alpha value is -3.15. The molecule has 4 rings (SSSR count). The van der Waals surface area contributed by atoms with Crippen LogP contribution >= 0.6 is 0 Å². The maximum Gasteiger partial charge on any atom is 0.348 e. The normalized spacial score (nSPS) is 11.2. The standard InChI is InChI=1S/C17H14N4O2/c1-10-7-16-19-20-17(22)21(16)14-8-13(11-3-5-18-6-4-11)15(23-2)9-12(10)14/h3-9H,1-2H3,(H,20,22). The number of pyridine rings is 2. The minimum atomic E-state index is -0.254. The van der Waals surface area contributed by atoms with Crippen LogP contribution in [0.2, 0.25) is 0 Å². The molecule has 0 saturated heterocycles. The molecular formula is C17H14N4O2. The Morgan fingerprint density at radius 2 is 1.96 bits per heavy atom. The Labute approximate surface area is 131 Å². The number of aromatic amines is 1. The topological polar surface area (TPSA) is 72.3 Å². The Kier molecular flexibility index (Phi) is 2.90. The van der Waals surface area contributed by atoms with Gasteiger partial charge in [0, 0.05) is 23.3 Å². The molecule has 6 heteroatoms. The summed E-state index contributed by atoms with van der Waals surface area (Å²) in [5.41, 5.74) is 4.06. The number of nitrogens with zero attached hydrogens (tertiary/aromatic N) is 3. The third kappa shape index (κ3) is 1.99. The van der Waals surface area contributed by atoms with E-state index < -0.39 is 0 Å². The Morgan fingerprint density at radius 1 is 1.17 bits per heavy atom. The lowest BCUT2D eigenvalue weighted by Gasteiger charge is -2.12. The summed E-state index contributed by atoms with van der Waals surface area (Å²) < 4.78 is 7.13. The number of methoxy groups -OCH3 is 1. The largest absolute Gasteiger partial charge is 0.496 e. The van der Waals surface area contributed by atoms with Crippen molar-refractivity contribution in [3.8, 4) is 16.9 Å². The van der Waals surface area contributed by atoms with Gasteiger partial charge in [0.2, 0.25) is 0 Å². The molecule has 1 aromatic carbocycles. The van der Waals surface area contributed by atoms with Gasteiger partial charge in [-0.2, -0.15) is 5.10 Å². The molecule has 0 aliphatic carbocycles. The van der Waals surface area contributed by atoms with Gasteiger partial charge in [-0.3, -0.25) is 4.98 Å². The average Bonchev–Trinajstić information content (AvgIpc) is 2.95. The summed E-state index contributed by atoms with van der Waals surface area (Å²) in [7, 11) is 1.64. The van der Waals surface area contributed by atoms with Crippen LogP contribution in [-0.2, 0) is 0 Å². The molecule has 23 heavy (non-hydrogen) atoms. The predicted molar refractivity (Wildman–Crippen MR) is 87.8 cm³/mol. The predicted octanol–water partition coefficient (Wildman–Crippen LogP) is 2.55. The van der Waals surface area contributed by atoms with Gasteiger partial charge in [-0.15, -0.1) is 0 Å². The molecule has 0 amide bonds. The van der Waals surface area contributed by atoms with Gasteiger partial charge in [0.05, 0.1) is 12.6 Å². The molecule has 3 aromatic heterocycles. The summed E-state index contributed by atoms with van der Waals surface area (Å²) in [6, 6.07) is 9.62. The van der Waals surface area contributed by atoms with Crippen LogP contribution in [0.25, 0.3) is 27.7 Å². The van der Waals surface area contributed by atoms with E-state index in [9.17, 15) is 4.79 Å². The van der Waals surface area contributed by atoms with Crippen LogP contribution in [0, 0.1) is 6.92 Å². The molecule has 0 fully saturated rings. The maximum atomic E-state index is 12.1. The van der Waals surface area contributed by atoms with Gasteiger partial charge in [0.1, 0.15) is 5.75 Å². The molecule has 4 aromatic rings. The Balaban J connectivity index is 2.18. The van der Waals surface area contributed by atoms with Crippen LogP contribution in [-0.4, -0.2) is 26.7 Å². The summed E-state index contributed by atoms with van der Waals surface area (Å²) in [4.78, 5) is 16.2. The number of ether oxygens (including phenoxy) is 1. The highest BCUT2D eigenvalue weighted by atomic mass is 16.5. The zero-order valence-corrected chi connectivity index (χ0v) is 12.7. The molecule has 114 valence electrons. The number of aromatic nitrogens is 4. The molecule has 0 radical (unpaired) electrons. The van der Waals surface area contributed by atoms with E-state index in [1.807, 2.05) is 37.3 Å². The first-order valence-corrected chi connectivity index (χ1v) is 7.18. The quantitative estimate of drug-likeness (QED) is 0.618. The average molecular weight is 306 g/mol. The summed E-state index contributed by atoms with van der Waals surface area (Å²) in [6.07, 6.45) is 3.46. The van der Waals surface area contributed by atoms with Gasteiger partial charge in [-0.05, 0) is 48.4 Å². The van der Waals surface area contributed by atoms with Crippen molar-refractivity contribution in [2.45, 2.75) is 6.92 Å². The van der Waals surface area contributed by atoms with E-state index in [2.05, 4.69) is 15.2 Å². The fourth-order valence-electron chi connectivity index (χ4n) is 2.91. The fourth-order valence-corrected chi connectivity index (χ4v) is 2.91. The number of aryl methyl sites for hydroxylation is 1. The van der Waals surface area contributed by atoms with E-state index in [-0.39, 0.29) is 5.69 Å². The molecule has 0 unspecified atom stereocenters. The van der Waals surface area contributed by atoms with Gasteiger partial charge in [-0.1, -0.05) is 0 Å². The second-order valence-electron chi connectivity index (χ2n) is 5.36. The monoisotopic (exact) mass is 306 g/mol. The van der Waals surface area contributed by atoms with Gasteiger partial charge >= 0.3 is 5.69 Å². The summed E-state index contributed by atoms with van der Waals surface area (Å²) in [6.45, 7) is 1.99. The molecule has 3 heterocycles. The first-order valence-electron chi connectivity index (χ1n) is 7.18. The number of hydrogen-bond acceptors (Lipinski definition) is 4. The first-order chi connectivity index (χ1) is 11.2. The van der Waals surface area contributed by atoms with Crippen LogP contribution in [0.4, 0.5) is 0 Å². The van der Waals surface area contributed by atoms with Crippen LogP contribution in [0.3, 0.4) is 0 Å². The van der Waals surface area contributed by atoms with Crippen molar-refractivity contribution in [1.29, 1.82) is 0 Å². The molecule has 0 atom stereocenters. The lowest BCUT2D eigenvalue weighted by molar-refractivity contribution is 0.417. The van der Waals surface area contributed by atoms with Gasteiger partial charge in [0.15, 0.2) is 5.65 Å². The van der Waals surface area contributed by atoms with E-state index in [0.717, 1.165) is 33.3 Å². The highest BCUT2D eigenvalue weighted by Crippen LogP contribution is 2.35. The van der Waals surface area contributed by atoms with E-state index in [4.69, 9.17) is 4.74 Å². The number of fused-ring (bicyclic) bond motifs is 3. The fraction of sp³-hybridized carbons (Fsp3) is 0.118. The van der Waals surface area contributed by atoms with E-state index in [1.54, 1.807) is 23.9 Å². The van der Waals surface area contributed by atoms with Crippen LogP contribution in [0.5, 0.6) is 5.75 Å². The molecular weight excluding hydrogens is 292 g/mol. The van der Waals surface area contributed by atoms with Crippen molar-refractivity contribution in [3.05, 3.63) is 58.8 Å². The van der Waals surface area contributed by atoms with Crippen molar-refractivity contribution in [1.82, 2.24) is 19.6 Å². The second kappa shape index (κ2) is 4.95. The third-order valence-electron chi connectivity index (χ3n) is 4.02. The summed E-state index contributed by atoms with van der Waals surface area (Å²) in [5.74, 6) is 0.752. The number of H-pyrrole nitrogens is 1. The zero-order valence-electron chi connectivity index (χ0n) is 12.7. The number of benzene rings is 1. The van der Waals surface area contributed by atoms with E-state index >= 15 is 0 Å². The highest BCUT2D eigenvalue weighted by Gasteiger charge is 2.13. The number of nitrogens with one attached hydrogen (secondary N) is 1. The van der Waals surface area contributed by atoms with E-state index in [1.165, 1.54) is 0 Å². The SMILES string of the molecule is COc1cc2c(C)cc3n[nH]c(=O)n3c2cc1-c1ccncc1. The maximum absolute atomic E-state index is 12.1. The number of hydrogen-bond donors (Lipinski definition) is 1. The molecule has 0 bridgehead atoms. The van der Waals surface area contributed by atoms with Crippen molar-refractivity contribution in [3.63, 3.8) is 0 Å². The third-order valence-corrected chi connectivity index (χ3v) is 4.02. The lowest BCUT2D eigenvalue weighted by atomic mass is 10.0. The second-order valence-corrected chi connectivity index (χ2v) is 5.36. The molecule has 0 aliphatic rings. The zero-order chi connectivity index (χ0) is 16.0. The highest BCUT2D eigenvalue weighted by molar-refractivity contribution is 5.92. The summed E-state index contributed by atoms with van der Waals surface area (Å²) in [5, 5.41) is 7.51. The van der Waals surface area contributed by atoms with Crippen molar-refractivity contribution >= 4 is 16.6 Å². The Bertz CT molecular complexity index is 1080. The molecule has 0 spiro atoms. The van der Waals surface area contributed by atoms with Crippen LogP contribution in [0.15, 0.2) is 47.5 Å². The van der Waals surface area contributed by atoms with Gasteiger partial charge in [-0.25, -0.2) is 14.3 Å². The summed E-state index contributed by atoms with van der Waals surface area (Å²) >= 11 is 0. The van der Waals surface area contributed by atoms with Gasteiger partial charge in [0.25, 0.3) is 0 Å². The van der Waals surface area contributed by atoms with E-state index in [0.29, 0.717) is 5.65 Å². The van der Waals surface area contributed by atoms with Gasteiger partial charge < -0.3 is 4.74 Å². The van der Waals surface area contributed by atoms with Crippen LogP contribution < -0.4 is 10.4 Å². The number of rotatable bonds is 2. The molecule has 6 nitrogen and oxygen atoms in total. The van der Waals surface area contributed by atoms with Crippen molar-refractivity contribution in [2.24, 2.45) is 0 Å². The minimum absolute atomic E-state index is 0.254. The minimum Gasteiger partial charge on any atom is -0.496 e. The van der Waals surface area contributed by atoms with Crippen molar-refractivity contribution < 1.29 is 4.74 Å². The lowest BCUT2D eigenvalue weighted by Crippen LogP contribution is -2.10. The smallest absolute Gasteiger partial charge is 0.348 e. The molecule has 0 saturated carbocycles.